The van der Waals surface area contributed by atoms with Gasteiger partial charge in [0.1, 0.15) is 0 Å². The molecule has 1 fully saturated rings. The standard InChI is InChI=1S/C14H16O2Si2/c1-17(2)15-18(16-17,13-9-5-3-6-10-13)14-11-7-4-8-12-14/h3-12H,1-2H3. The maximum absolute atomic E-state index is 6.34. The fraction of sp³-hybridized carbons (Fsp3) is 0.143. The zero-order chi connectivity index (χ0) is 12.6. The summed E-state index contributed by atoms with van der Waals surface area (Å²) in [6, 6.07) is 20.7. The molecule has 2 nitrogen and oxygen atoms in total. The van der Waals surface area contributed by atoms with Crippen LogP contribution in [0.4, 0.5) is 0 Å². The van der Waals surface area contributed by atoms with Gasteiger partial charge in [0.05, 0.1) is 0 Å². The van der Waals surface area contributed by atoms with Gasteiger partial charge in [-0.2, -0.15) is 0 Å². The maximum Gasteiger partial charge on any atom is 0.389 e. The second-order valence-corrected chi connectivity index (χ2v) is 11.8. The molecule has 0 amide bonds. The Labute approximate surface area is 110 Å². The summed E-state index contributed by atoms with van der Waals surface area (Å²) >= 11 is 0. The van der Waals surface area contributed by atoms with E-state index >= 15 is 0 Å². The highest BCUT2D eigenvalue weighted by Gasteiger charge is 2.59. The van der Waals surface area contributed by atoms with E-state index in [1.807, 2.05) is 36.4 Å². The molecule has 0 aromatic heterocycles. The maximum atomic E-state index is 6.34. The lowest BCUT2D eigenvalue weighted by Gasteiger charge is -2.50. The molecule has 2 aromatic rings. The average molecular weight is 272 g/mol. The molecule has 0 atom stereocenters. The molecule has 1 saturated heterocycles. The first-order chi connectivity index (χ1) is 8.62. The van der Waals surface area contributed by atoms with E-state index in [9.17, 15) is 0 Å². The lowest BCUT2D eigenvalue weighted by atomic mass is 10.4. The number of hydrogen-bond donors (Lipinski definition) is 0. The van der Waals surface area contributed by atoms with Crippen molar-refractivity contribution < 1.29 is 8.23 Å². The van der Waals surface area contributed by atoms with Gasteiger partial charge in [0.2, 0.25) is 0 Å². The predicted molar refractivity (Wildman–Crippen MR) is 77.6 cm³/mol. The molecule has 2 aromatic carbocycles. The van der Waals surface area contributed by atoms with E-state index in [0.29, 0.717) is 0 Å². The second-order valence-electron chi connectivity index (χ2n) is 4.95. The molecule has 1 aliphatic rings. The first-order valence-corrected chi connectivity index (χ1v) is 10.8. The summed E-state index contributed by atoms with van der Waals surface area (Å²) < 4.78 is 12.7. The summed E-state index contributed by atoms with van der Waals surface area (Å²) in [5, 5.41) is 2.39. The Bertz CT molecular complexity index is 491. The smallest absolute Gasteiger partial charge is 0.389 e. The molecule has 1 heterocycles. The Hall–Kier alpha value is -1.21. The van der Waals surface area contributed by atoms with Crippen LogP contribution in [0.25, 0.3) is 0 Å². The highest BCUT2D eigenvalue weighted by Crippen LogP contribution is 2.30. The van der Waals surface area contributed by atoms with Crippen LogP contribution in [0.2, 0.25) is 13.1 Å². The van der Waals surface area contributed by atoms with Crippen molar-refractivity contribution in [1.82, 2.24) is 0 Å². The van der Waals surface area contributed by atoms with Gasteiger partial charge in [0, 0.05) is 0 Å². The lowest BCUT2D eigenvalue weighted by molar-refractivity contribution is 0.252. The Morgan fingerprint density at radius 1 is 0.667 bits per heavy atom. The first kappa shape index (κ1) is 11.9. The molecule has 0 spiro atoms. The van der Waals surface area contributed by atoms with Gasteiger partial charge < -0.3 is 8.23 Å². The third-order valence-corrected chi connectivity index (χ3v) is 11.5. The van der Waals surface area contributed by atoms with Gasteiger partial charge >= 0.3 is 17.1 Å². The van der Waals surface area contributed by atoms with Crippen molar-refractivity contribution in [3.63, 3.8) is 0 Å². The van der Waals surface area contributed by atoms with Crippen molar-refractivity contribution in [2.75, 3.05) is 0 Å². The van der Waals surface area contributed by atoms with Gasteiger partial charge in [-0.3, -0.25) is 0 Å². The Morgan fingerprint density at radius 2 is 1.06 bits per heavy atom. The molecule has 18 heavy (non-hydrogen) atoms. The molecule has 0 bridgehead atoms. The van der Waals surface area contributed by atoms with E-state index < -0.39 is 17.1 Å². The van der Waals surface area contributed by atoms with Crippen LogP contribution in [0.5, 0.6) is 0 Å². The van der Waals surface area contributed by atoms with E-state index in [1.54, 1.807) is 0 Å². The van der Waals surface area contributed by atoms with Gasteiger partial charge in [0.25, 0.3) is 0 Å². The Morgan fingerprint density at radius 3 is 1.39 bits per heavy atom. The zero-order valence-electron chi connectivity index (χ0n) is 10.6. The van der Waals surface area contributed by atoms with Crippen LogP contribution >= 0.6 is 0 Å². The molecule has 0 saturated carbocycles. The van der Waals surface area contributed by atoms with E-state index in [1.165, 1.54) is 10.4 Å². The van der Waals surface area contributed by atoms with Gasteiger partial charge in [0.15, 0.2) is 0 Å². The largest absolute Gasteiger partial charge is 0.409 e. The second kappa shape index (κ2) is 4.17. The fourth-order valence-corrected chi connectivity index (χ4v) is 11.5. The summed E-state index contributed by atoms with van der Waals surface area (Å²) in [6.45, 7) is 4.20. The van der Waals surface area contributed by atoms with E-state index in [2.05, 4.69) is 37.4 Å². The zero-order valence-corrected chi connectivity index (χ0v) is 12.6. The molecule has 0 N–H and O–H groups in total. The Balaban J connectivity index is 2.07. The summed E-state index contributed by atoms with van der Waals surface area (Å²) in [7, 11) is -4.26. The van der Waals surface area contributed by atoms with Crippen molar-refractivity contribution in [3.8, 4) is 0 Å². The van der Waals surface area contributed by atoms with Crippen LogP contribution in [0.15, 0.2) is 60.7 Å². The fourth-order valence-electron chi connectivity index (χ4n) is 2.42. The van der Waals surface area contributed by atoms with Crippen LogP contribution < -0.4 is 10.4 Å². The monoisotopic (exact) mass is 272 g/mol. The molecular weight excluding hydrogens is 256 g/mol. The number of rotatable bonds is 2. The van der Waals surface area contributed by atoms with Crippen molar-refractivity contribution in [3.05, 3.63) is 60.7 Å². The first-order valence-electron chi connectivity index (χ1n) is 6.14. The third-order valence-electron chi connectivity index (χ3n) is 3.09. The molecule has 3 rings (SSSR count). The molecule has 0 unspecified atom stereocenters. The minimum absolute atomic E-state index is 1.20. The molecule has 0 radical (unpaired) electrons. The van der Waals surface area contributed by atoms with E-state index in [-0.39, 0.29) is 0 Å². The van der Waals surface area contributed by atoms with Gasteiger partial charge in [-0.05, 0) is 23.5 Å². The molecule has 4 heteroatoms. The van der Waals surface area contributed by atoms with E-state index in [4.69, 9.17) is 8.23 Å². The molecule has 1 aliphatic heterocycles. The summed E-state index contributed by atoms with van der Waals surface area (Å²) in [5.74, 6) is 0. The summed E-state index contributed by atoms with van der Waals surface area (Å²) in [5.41, 5.74) is 0. The minimum Gasteiger partial charge on any atom is -0.409 e. The van der Waals surface area contributed by atoms with Crippen molar-refractivity contribution in [2.45, 2.75) is 13.1 Å². The molecule has 0 aliphatic carbocycles. The van der Waals surface area contributed by atoms with Crippen molar-refractivity contribution >= 4 is 27.5 Å². The number of hydrogen-bond acceptors (Lipinski definition) is 2. The van der Waals surface area contributed by atoms with Gasteiger partial charge in [-0.15, -0.1) is 0 Å². The van der Waals surface area contributed by atoms with Crippen LogP contribution in [0.1, 0.15) is 0 Å². The Kier molecular flexibility index (Phi) is 2.75. The third kappa shape index (κ3) is 1.87. The highest BCUT2D eigenvalue weighted by atomic mass is 28.5. The molecule has 92 valence electrons. The summed E-state index contributed by atoms with van der Waals surface area (Å²) in [6.07, 6.45) is 0. The van der Waals surface area contributed by atoms with Gasteiger partial charge in [-0.1, -0.05) is 60.7 Å². The quantitative estimate of drug-likeness (QED) is 0.779. The van der Waals surface area contributed by atoms with Crippen LogP contribution in [-0.4, -0.2) is 17.1 Å². The van der Waals surface area contributed by atoms with Gasteiger partial charge in [-0.25, -0.2) is 0 Å². The van der Waals surface area contributed by atoms with Crippen LogP contribution in [-0.2, 0) is 8.23 Å². The molecular formula is C14H16O2Si2. The minimum atomic E-state index is -2.37. The van der Waals surface area contributed by atoms with Crippen molar-refractivity contribution in [1.29, 1.82) is 0 Å². The average Bonchev–Trinajstić information content (AvgIpc) is 2.37. The van der Waals surface area contributed by atoms with Crippen LogP contribution in [0.3, 0.4) is 0 Å². The number of benzene rings is 2. The normalized spacial score (nSPS) is 20.1. The van der Waals surface area contributed by atoms with Crippen LogP contribution in [0, 0.1) is 0 Å². The van der Waals surface area contributed by atoms with E-state index in [0.717, 1.165) is 0 Å². The lowest BCUT2D eigenvalue weighted by Crippen LogP contribution is -2.79. The predicted octanol–water partition coefficient (Wildman–Crippen LogP) is 1.99. The summed E-state index contributed by atoms with van der Waals surface area (Å²) in [4.78, 5) is 0. The highest BCUT2D eigenvalue weighted by molar-refractivity contribution is 7.07. The SMILES string of the molecule is C[Si]1(C)O[Si](c2ccccc2)(c2ccccc2)O1. The topological polar surface area (TPSA) is 18.5 Å². The van der Waals surface area contributed by atoms with Crippen molar-refractivity contribution in [2.24, 2.45) is 0 Å².